The Morgan fingerprint density at radius 1 is 1.29 bits per heavy atom. The molecule has 0 aromatic rings. The minimum absolute atomic E-state index is 0.409. The molecule has 0 radical (unpaired) electrons. The molecule has 0 fully saturated rings. The van der Waals surface area contributed by atoms with Gasteiger partial charge in [-0.05, 0) is 0 Å². The van der Waals surface area contributed by atoms with Crippen molar-refractivity contribution in [3.63, 3.8) is 0 Å². The maximum absolute atomic E-state index is 10.8. The zero-order valence-electron chi connectivity index (χ0n) is 8.81. The van der Waals surface area contributed by atoms with Crippen LogP contribution in [-0.2, 0) is 23.6 Å². The molecule has 0 aliphatic carbocycles. The van der Waals surface area contributed by atoms with E-state index in [9.17, 15) is 14.2 Å². The fourth-order valence-electron chi connectivity index (χ4n) is 0.688. The van der Waals surface area contributed by atoms with E-state index in [1.54, 1.807) is 0 Å². The molecule has 0 saturated heterocycles. The first-order valence-corrected chi connectivity index (χ1v) is 6.22. The monoisotopic (exact) mass is 268 g/mol. The zero-order chi connectivity index (χ0) is 13.5. The Hall–Kier alpha value is -1.21. The van der Waals surface area contributed by atoms with Gasteiger partial charge in [0.05, 0.1) is 0 Å². The number of hydrogen-bond donors (Lipinski definition) is 3. The molecule has 0 aliphatic heterocycles. The van der Waals surface area contributed by atoms with Gasteiger partial charge >= 0.3 is 19.5 Å². The molecule has 0 aromatic heterocycles. The third-order valence-corrected chi connectivity index (χ3v) is 2.03. The summed E-state index contributed by atoms with van der Waals surface area (Å²) in [5.41, 5.74) is 0. The van der Waals surface area contributed by atoms with Crippen LogP contribution in [0, 0.1) is 0 Å². The molecular weight excluding hydrogens is 255 g/mol. The molecule has 0 heterocycles. The number of ether oxygens (including phenoxy) is 2. The van der Waals surface area contributed by atoms with E-state index in [0.29, 0.717) is 0 Å². The largest absolute Gasteiger partial charge is 0.462 e. The molecule has 0 aromatic carbocycles. The van der Waals surface area contributed by atoms with E-state index in [-0.39, 0.29) is 0 Å². The summed E-state index contributed by atoms with van der Waals surface area (Å²) in [4.78, 5) is 38.2. The predicted octanol–water partition coefficient (Wildman–Crippen LogP) is -1.20. The molecular formula is C8H13O8P. The second kappa shape index (κ2) is 7.18. The van der Waals surface area contributed by atoms with Gasteiger partial charge in [-0.3, -0.25) is 9.36 Å². The predicted molar refractivity (Wildman–Crippen MR) is 55.0 cm³/mol. The second-order valence-corrected chi connectivity index (χ2v) is 4.64. The Kier molecular flexibility index (Phi) is 6.67. The smallest absolute Gasteiger partial charge is 0.336 e. The highest BCUT2D eigenvalue weighted by molar-refractivity contribution is 7.52. The average molecular weight is 268 g/mol. The Balaban J connectivity index is 3.80. The van der Waals surface area contributed by atoms with Crippen LogP contribution >= 0.6 is 7.60 Å². The molecule has 0 aliphatic rings. The summed E-state index contributed by atoms with van der Waals surface area (Å²) >= 11 is 0. The number of hydrogen-bond acceptors (Lipinski definition) is 6. The molecule has 0 spiro atoms. The number of carbonyl (C=O) groups excluding carboxylic acids is 2. The van der Waals surface area contributed by atoms with Gasteiger partial charge in [0.15, 0.2) is 0 Å². The maximum Gasteiger partial charge on any atom is 0.336 e. The minimum Gasteiger partial charge on any atom is -0.462 e. The normalized spacial score (nSPS) is 12.6. The minimum atomic E-state index is -4.47. The lowest BCUT2D eigenvalue weighted by Gasteiger charge is -2.11. The first-order valence-electron chi connectivity index (χ1n) is 4.42. The van der Waals surface area contributed by atoms with Crippen LogP contribution in [0.3, 0.4) is 0 Å². The summed E-state index contributed by atoms with van der Waals surface area (Å²) in [5, 5.41) is 9.16. The topological polar surface area (TPSA) is 130 Å². The van der Waals surface area contributed by atoms with Crippen LogP contribution in [0.1, 0.15) is 0 Å². The van der Waals surface area contributed by atoms with Crippen LogP contribution in [0.15, 0.2) is 12.7 Å². The molecule has 8 nitrogen and oxygen atoms in total. The summed E-state index contributed by atoms with van der Waals surface area (Å²) < 4.78 is 19.2. The molecule has 17 heavy (non-hydrogen) atoms. The third-order valence-electron chi connectivity index (χ3n) is 1.36. The molecule has 0 bridgehead atoms. The number of aliphatic hydroxyl groups is 1. The van der Waals surface area contributed by atoms with Gasteiger partial charge in [-0.2, -0.15) is 0 Å². The van der Waals surface area contributed by atoms with E-state index in [1.165, 1.54) is 0 Å². The van der Waals surface area contributed by atoms with E-state index < -0.39 is 45.0 Å². The summed E-state index contributed by atoms with van der Waals surface area (Å²) in [6.07, 6.45) is -1.43. The summed E-state index contributed by atoms with van der Waals surface area (Å²) in [6.45, 7) is 2.19. The van der Waals surface area contributed by atoms with Gasteiger partial charge in [0.2, 0.25) is 0 Å². The molecule has 3 N–H and O–H groups in total. The van der Waals surface area contributed by atoms with E-state index >= 15 is 0 Å². The third kappa shape index (κ3) is 9.70. The molecule has 98 valence electrons. The van der Waals surface area contributed by atoms with Gasteiger partial charge in [0.1, 0.15) is 25.5 Å². The lowest BCUT2D eigenvalue weighted by Crippen LogP contribution is -2.25. The number of esters is 2. The van der Waals surface area contributed by atoms with Crippen molar-refractivity contribution in [3.8, 4) is 0 Å². The van der Waals surface area contributed by atoms with Crippen LogP contribution in [0.25, 0.3) is 0 Å². The van der Waals surface area contributed by atoms with Gasteiger partial charge in [0.25, 0.3) is 0 Å². The average Bonchev–Trinajstić information content (AvgIpc) is 2.20. The quantitative estimate of drug-likeness (QED) is 0.298. The van der Waals surface area contributed by atoms with Crippen LogP contribution in [0.4, 0.5) is 0 Å². The van der Waals surface area contributed by atoms with Crippen molar-refractivity contribution >= 4 is 19.5 Å². The first kappa shape index (κ1) is 15.8. The van der Waals surface area contributed by atoms with Crippen molar-refractivity contribution in [2.24, 2.45) is 0 Å². The number of aliphatic hydroxyl groups excluding tert-OH is 1. The highest BCUT2D eigenvalue weighted by Gasteiger charge is 2.21. The first-order chi connectivity index (χ1) is 7.74. The zero-order valence-corrected chi connectivity index (χ0v) is 9.71. The van der Waals surface area contributed by atoms with Gasteiger partial charge in [-0.15, -0.1) is 0 Å². The van der Waals surface area contributed by atoms with E-state index in [2.05, 4.69) is 16.1 Å². The molecule has 0 saturated carbocycles. The maximum atomic E-state index is 10.8. The highest BCUT2D eigenvalue weighted by atomic mass is 31.2. The van der Waals surface area contributed by atoms with Crippen LogP contribution in [0.2, 0.25) is 0 Å². The van der Waals surface area contributed by atoms with E-state index in [1.807, 2.05) is 0 Å². The van der Waals surface area contributed by atoms with Crippen LogP contribution in [0.5, 0.6) is 0 Å². The summed E-state index contributed by atoms with van der Waals surface area (Å²) in [7, 11) is -4.47. The molecule has 1 atom stereocenters. The fraction of sp³-hybridized carbons (Fsp3) is 0.500. The van der Waals surface area contributed by atoms with Gasteiger partial charge in [0, 0.05) is 6.08 Å². The lowest BCUT2D eigenvalue weighted by atomic mass is 10.4. The van der Waals surface area contributed by atoms with Crippen molar-refractivity contribution in [1.82, 2.24) is 0 Å². The number of carbonyl (C=O) groups is 2. The van der Waals surface area contributed by atoms with Crippen molar-refractivity contribution in [1.29, 1.82) is 0 Å². The van der Waals surface area contributed by atoms with Crippen molar-refractivity contribution in [3.05, 3.63) is 12.7 Å². The lowest BCUT2D eigenvalue weighted by molar-refractivity contribution is -0.147. The Morgan fingerprint density at radius 3 is 2.29 bits per heavy atom. The van der Waals surface area contributed by atoms with E-state index in [0.717, 1.165) is 6.08 Å². The van der Waals surface area contributed by atoms with E-state index in [4.69, 9.17) is 14.9 Å². The molecule has 1 unspecified atom stereocenters. The fourth-order valence-corrected chi connectivity index (χ4v) is 1.12. The SMILES string of the molecule is C=CC(=O)OCC(O)COC(=O)CP(=O)(O)O. The Labute approximate surface area is 97.0 Å². The molecule has 0 rings (SSSR count). The summed E-state index contributed by atoms with van der Waals surface area (Å²) in [5.74, 6) is -1.89. The Bertz CT molecular complexity index is 332. The van der Waals surface area contributed by atoms with Crippen LogP contribution in [-0.4, -0.2) is 52.3 Å². The standard InChI is InChI=1S/C8H13O8P/c1-2-7(10)15-3-6(9)4-16-8(11)5-17(12,13)14/h2,6,9H,1,3-5H2,(H2,12,13,14). The van der Waals surface area contributed by atoms with Gasteiger partial charge in [-0.1, -0.05) is 6.58 Å². The van der Waals surface area contributed by atoms with Crippen molar-refractivity contribution < 1.29 is 38.5 Å². The number of rotatable bonds is 7. The van der Waals surface area contributed by atoms with Gasteiger partial charge in [-0.25, -0.2) is 4.79 Å². The second-order valence-electron chi connectivity index (χ2n) is 2.99. The molecule has 9 heteroatoms. The van der Waals surface area contributed by atoms with Gasteiger partial charge < -0.3 is 24.4 Å². The molecule has 0 amide bonds. The highest BCUT2D eigenvalue weighted by Crippen LogP contribution is 2.33. The van der Waals surface area contributed by atoms with Crippen molar-refractivity contribution in [2.45, 2.75) is 6.10 Å². The van der Waals surface area contributed by atoms with Crippen molar-refractivity contribution in [2.75, 3.05) is 19.4 Å². The van der Waals surface area contributed by atoms with Crippen LogP contribution < -0.4 is 0 Å². The summed E-state index contributed by atoms with van der Waals surface area (Å²) in [6, 6.07) is 0. The Morgan fingerprint density at radius 2 is 1.82 bits per heavy atom.